The van der Waals surface area contributed by atoms with Crippen molar-refractivity contribution in [3.63, 3.8) is 0 Å². The van der Waals surface area contributed by atoms with Crippen molar-refractivity contribution in [1.29, 1.82) is 0 Å². The first-order valence-electron chi connectivity index (χ1n) is 12.4. The quantitative estimate of drug-likeness (QED) is 0.159. The summed E-state index contributed by atoms with van der Waals surface area (Å²) in [7, 11) is 3.21. The van der Waals surface area contributed by atoms with Crippen molar-refractivity contribution in [2.75, 3.05) is 51.3 Å². The molecule has 10 heteroatoms. The summed E-state index contributed by atoms with van der Waals surface area (Å²) in [5.41, 5.74) is 2.17. The lowest BCUT2D eigenvalue weighted by Crippen LogP contribution is -2.14. The summed E-state index contributed by atoms with van der Waals surface area (Å²) < 4.78 is 22.6. The van der Waals surface area contributed by atoms with E-state index in [4.69, 9.17) is 18.9 Å². The van der Waals surface area contributed by atoms with E-state index in [1.807, 2.05) is 36.4 Å². The van der Waals surface area contributed by atoms with Gasteiger partial charge in [0.25, 0.3) is 11.8 Å². The summed E-state index contributed by atoms with van der Waals surface area (Å²) in [5.74, 6) is 0.700. The number of methoxy groups -OCH3 is 2. The van der Waals surface area contributed by atoms with E-state index in [0.717, 1.165) is 10.8 Å². The van der Waals surface area contributed by atoms with Crippen molar-refractivity contribution in [2.45, 2.75) is 0 Å². The Labute approximate surface area is 249 Å². The van der Waals surface area contributed by atoms with Gasteiger partial charge in [-0.25, -0.2) is 0 Å². The van der Waals surface area contributed by atoms with Crippen LogP contribution in [0, 0.1) is 0 Å². The van der Waals surface area contributed by atoms with E-state index < -0.39 is 0 Å². The number of carbonyl (C=O) groups excluding carboxylic acids is 2. The van der Waals surface area contributed by atoms with Crippen LogP contribution in [0.3, 0.4) is 0 Å². The third kappa shape index (κ3) is 7.39. The lowest BCUT2D eigenvalue weighted by Gasteiger charge is -2.14. The molecule has 0 bridgehead atoms. The standard InChI is InChI=1S/C30H28Br2N2O6/c1-37-13-15-39-27-11-9-19(17-23(27)31)29(35)33-25-7-3-6-22-21(25)5-4-8-26(22)34-30(36)20-10-12-28(24(32)18-20)40-16-14-38-2/h3-12,17-18H,13-16H2,1-2H3,(H,33,35)(H,34,36). The van der Waals surface area contributed by atoms with E-state index in [1.165, 1.54) is 0 Å². The second-order valence-electron chi connectivity index (χ2n) is 8.59. The summed E-state index contributed by atoms with van der Waals surface area (Å²) in [4.78, 5) is 26.2. The zero-order chi connectivity index (χ0) is 28.5. The fourth-order valence-corrected chi connectivity index (χ4v) is 4.89. The van der Waals surface area contributed by atoms with Crippen LogP contribution in [0.25, 0.3) is 10.8 Å². The highest BCUT2D eigenvalue weighted by Crippen LogP contribution is 2.32. The maximum atomic E-state index is 13.1. The Kier molecular flexibility index (Phi) is 10.5. The van der Waals surface area contributed by atoms with Crippen LogP contribution in [-0.2, 0) is 9.47 Å². The molecule has 0 radical (unpaired) electrons. The largest absolute Gasteiger partial charge is 0.490 e. The van der Waals surface area contributed by atoms with Crippen LogP contribution < -0.4 is 20.1 Å². The number of benzene rings is 4. The van der Waals surface area contributed by atoms with Gasteiger partial charge in [-0.05, 0) is 80.4 Å². The molecule has 208 valence electrons. The third-order valence-electron chi connectivity index (χ3n) is 5.90. The second-order valence-corrected chi connectivity index (χ2v) is 10.3. The smallest absolute Gasteiger partial charge is 0.255 e. The van der Waals surface area contributed by atoms with Gasteiger partial charge in [0.15, 0.2) is 0 Å². The molecule has 0 aliphatic heterocycles. The SMILES string of the molecule is COCCOc1ccc(C(=O)Nc2cccc3c(NC(=O)c4ccc(OCCOC)c(Br)c4)cccc23)cc1Br. The first-order chi connectivity index (χ1) is 19.4. The monoisotopic (exact) mass is 670 g/mol. The van der Waals surface area contributed by atoms with Gasteiger partial charge >= 0.3 is 0 Å². The van der Waals surface area contributed by atoms with E-state index >= 15 is 0 Å². The number of carbonyl (C=O) groups is 2. The molecule has 0 saturated heterocycles. The number of hydrogen-bond acceptors (Lipinski definition) is 6. The molecule has 0 aliphatic carbocycles. The van der Waals surface area contributed by atoms with Crippen molar-refractivity contribution in [3.05, 3.63) is 92.9 Å². The maximum Gasteiger partial charge on any atom is 0.255 e. The predicted molar refractivity (Wildman–Crippen MR) is 163 cm³/mol. The van der Waals surface area contributed by atoms with E-state index in [-0.39, 0.29) is 11.8 Å². The first-order valence-corrected chi connectivity index (χ1v) is 14.0. The summed E-state index contributed by atoms with van der Waals surface area (Å²) in [5, 5.41) is 7.54. The fourth-order valence-electron chi connectivity index (χ4n) is 3.91. The predicted octanol–water partition coefficient (Wildman–Crippen LogP) is 6.92. The van der Waals surface area contributed by atoms with Crippen molar-refractivity contribution < 1.29 is 28.5 Å². The molecular formula is C30H28Br2N2O6. The van der Waals surface area contributed by atoms with Crippen molar-refractivity contribution in [1.82, 2.24) is 0 Å². The van der Waals surface area contributed by atoms with Gasteiger partial charge in [0.2, 0.25) is 0 Å². The molecule has 0 unspecified atom stereocenters. The van der Waals surface area contributed by atoms with E-state index in [9.17, 15) is 9.59 Å². The van der Waals surface area contributed by atoms with E-state index in [1.54, 1.807) is 50.6 Å². The zero-order valence-corrected chi connectivity index (χ0v) is 25.1. The number of ether oxygens (including phenoxy) is 4. The van der Waals surface area contributed by atoms with Gasteiger partial charge in [-0.1, -0.05) is 24.3 Å². The van der Waals surface area contributed by atoms with Gasteiger partial charge in [-0.15, -0.1) is 0 Å². The van der Waals surface area contributed by atoms with Gasteiger partial charge < -0.3 is 29.6 Å². The molecule has 40 heavy (non-hydrogen) atoms. The van der Waals surface area contributed by atoms with Crippen LogP contribution in [0.15, 0.2) is 81.7 Å². The third-order valence-corrected chi connectivity index (χ3v) is 7.14. The number of rotatable bonds is 12. The van der Waals surface area contributed by atoms with Crippen LogP contribution in [-0.4, -0.2) is 52.5 Å². The minimum absolute atomic E-state index is 0.274. The molecule has 0 saturated carbocycles. The Bertz CT molecular complexity index is 1400. The fraction of sp³-hybridized carbons (Fsp3) is 0.200. The molecule has 0 fully saturated rings. The Hall–Kier alpha value is -3.44. The molecule has 0 heterocycles. The molecule has 0 atom stereocenters. The van der Waals surface area contributed by atoms with Crippen molar-refractivity contribution in [2.24, 2.45) is 0 Å². The average molecular weight is 672 g/mol. The van der Waals surface area contributed by atoms with Crippen LogP contribution in [0.2, 0.25) is 0 Å². The highest BCUT2D eigenvalue weighted by Gasteiger charge is 2.15. The molecule has 4 aromatic carbocycles. The number of hydrogen-bond donors (Lipinski definition) is 2. The summed E-state index contributed by atoms with van der Waals surface area (Å²) in [6.45, 7) is 1.74. The molecule has 0 aliphatic rings. The van der Waals surface area contributed by atoms with Gasteiger partial charge in [0.1, 0.15) is 24.7 Å². The molecule has 4 rings (SSSR count). The molecular weight excluding hydrogens is 644 g/mol. The summed E-state index contributed by atoms with van der Waals surface area (Å²) in [6, 6.07) is 21.4. The number of anilines is 2. The molecule has 4 aromatic rings. The highest BCUT2D eigenvalue weighted by atomic mass is 79.9. The maximum absolute atomic E-state index is 13.1. The minimum Gasteiger partial charge on any atom is -0.490 e. The minimum atomic E-state index is -0.274. The number of halogens is 2. The first kappa shape index (κ1) is 29.5. The topological polar surface area (TPSA) is 95.1 Å². The molecule has 8 nitrogen and oxygen atoms in total. The van der Waals surface area contributed by atoms with Gasteiger partial charge in [-0.2, -0.15) is 0 Å². The molecule has 2 N–H and O–H groups in total. The number of amides is 2. The van der Waals surface area contributed by atoms with Crippen LogP contribution in [0.4, 0.5) is 11.4 Å². The highest BCUT2D eigenvalue weighted by molar-refractivity contribution is 9.10. The number of fused-ring (bicyclic) bond motifs is 1. The van der Waals surface area contributed by atoms with Gasteiger partial charge in [0, 0.05) is 47.5 Å². The Balaban J connectivity index is 1.50. The van der Waals surface area contributed by atoms with E-state index in [2.05, 4.69) is 42.5 Å². The van der Waals surface area contributed by atoms with Crippen LogP contribution in [0.1, 0.15) is 20.7 Å². The van der Waals surface area contributed by atoms with Crippen LogP contribution in [0.5, 0.6) is 11.5 Å². The van der Waals surface area contributed by atoms with Gasteiger partial charge in [0.05, 0.1) is 22.2 Å². The molecule has 0 aromatic heterocycles. The average Bonchev–Trinajstić information content (AvgIpc) is 2.95. The Morgan fingerprint density at radius 2 is 1.05 bits per heavy atom. The molecule has 0 spiro atoms. The normalized spacial score (nSPS) is 10.8. The summed E-state index contributed by atoms with van der Waals surface area (Å²) in [6.07, 6.45) is 0. The van der Waals surface area contributed by atoms with Crippen molar-refractivity contribution >= 4 is 65.8 Å². The Morgan fingerprint density at radius 3 is 1.43 bits per heavy atom. The molecule has 2 amide bonds. The second kappa shape index (κ2) is 14.3. The lowest BCUT2D eigenvalue weighted by atomic mass is 10.1. The zero-order valence-electron chi connectivity index (χ0n) is 22.0. The van der Waals surface area contributed by atoms with Crippen molar-refractivity contribution in [3.8, 4) is 11.5 Å². The number of nitrogens with one attached hydrogen (secondary N) is 2. The summed E-state index contributed by atoms with van der Waals surface area (Å²) >= 11 is 6.93. The van der Waals surface area contributed by atoms with Crippen LogP contribution >= 0.6 is 31.9 Å². The Morgan fingerprint density at radius 1 is 0.625 bits per heavy atom. The van der Waals surface area contributed by atoms with E-state index in [0.29, 0.717) is 69.4 Å². The lowest BCUT2D eigenvalue weighted by molar-refractivity contribution is 0.101. The van der Waals surface area contributed by atoms with Gasteiger partial charge in [-0.3, -0.25) is 9.59 Å².